The van der Waals surface area contributed by atoms with E-state index in [9.17, 15) is 22.4 Å². The van der Waals surface area contributed by atoms with E-state index >= 15 is 0 Å². The maximum Gasteiger partial charge on any atom is 0.264 e. The average Bonchev–Trinajstić information content (AvgIpc) is 2.91. The summed E-state index contributed by atoms with van der Waals surface area (Å²) in [4.78, 5) is 27.8. The molecule has 0 aromatic heterocycles. The van der Waals surface area contributed by atoms with Gasteiger partial charge in [-0.1, -0.05) is 61.0 Å². The van der Waals surface area contributed by atoms with Crippen molar-refractivity contribution < 1.29 is 22.4 Å². The first-order chi connectivity index (χ1) is 18.1. The van der Waals surface area contributed by atoms with E-state index in [1.54, 1.807) is 43.3 Å². The largest absolute Gasteiger partial charge is 0.354 e. The van der Waals surface area contributed by atoms with Crippen molar-refractivity contribution in [2.75, 3.05) is 17.4 Å². The number of hydrogen-bond acceptors (Lipinski definition) is 4. The van der Waals surface area contributed by atoms with Gasteiger partial charge in [0.05, 0.1) is 10.6 Å². The smallest absolute Gasteiger partial charge is 0.264 e. The van der Waals surface area contributed by atoms with Gasteiger partial charge >= 0.3 is 0 Å². The molecule has 0 aliphatic heterocycles. The van der Waals surface area contributed by atoms with Gasteiger partial charge in [0.15, 0.2) is 0 Å². The summed E-state index contributed by atoms with van der Waals surface area (Å²) in [6, 6.07) is 17.4. The van der Waals surface area contributed by atoms with Crippen LogP contribution in [0.15, 0.2) is 77.7 Å². The summed E-state index contributed by atoms with van der Waals surface area (Å²) >= 11 is 6.31. The molecule has 0 bridgehead atoms. The molecule has 1 atom stereocenters. The Kier molecular flexibility index (Phi) is 9.88. The molecule has 0 saturated heterocycles. The number of amides is 2. The van der Waals surface area contributed by atoms with Crippen molar-refractivity contribution in [1.29, 1.82) is 0 Å². The van der Waals surface area contributed by atoms with Crippen LogP contribution >= 0.6 is 11.6 Å². The van der Waals surface area contributed by atoms with E-state index in [0.29, 0.717) is 18.0 Å². The normalized spacial score (nSPS) is 12.0. The van der Waals surface area contributed by atoms with Gasteiger partial charge in [0.25, 0.3) is 10.0 Å². The van der Waals surface area contributed by atoms with Crippen LogP contribution in [0.25, 0.3) is 0 Å². The topological polar surface area (TPSA) is 86.8 Å². The first-order valence-corrected chi connectivity index (χ1v) is 14.0. The molecule has 0 aliphatic rings. The van der Waals surface area contributed by atoms with Gasteiger partial charge in [-0.3, -0.25) is 13.9 Å². The van der Waals surface area contributed by atoms with E-state index in [2.05, 4.69) is 5.32 Å². The van der Waals surface area contributed by atoms with Gasteiger partial charge in [0.2, 0.25) is 11.8 Å². The molecule has 0 saturated carbocycles. The number of benzene rings is 3. The molecule has 3 aromatic rings. The molecular weight excluding hydrogens is 529 g/mol. The SMILES string of the molecule is CCCNC(=O)[C@@H](C)N(Cc1ccccc1F)C(=O)CN(c1ccc(C)c(Cl)c1)S(=O)(=O)c1ccccc1. The van der Waals surface area contributed by atoms with Crippen molar-refractivity contribution in [3.05, 3.63) is 94.8 Å². The van der Waals surface area contributed by atoms with Crippen LogP contribution in [0.1, 0.15) is 31.4 Å². The number of halogens is 2. The number of nitrogens with one attached hydrogen (secondary N) is 1. The Bertz CT molecular complexity index is 1390. The third kappa shape index (κ3) is 6.90. The van der Waals surface area contributed by atoms with Crippen molar-refractivity contribution in [2.24, 2.45) is 0 Å². The van der Waals surface area contributed by atoms with Gasteiger partial charge in [0.1, 0.15) is 18.4 Å². The molecule has 3 rings (SSSR count). The van der Waals surface area contributed by atoms with Crippen molar-refractivity contribution in [3.63, 3.8) is 0 Å². The number of sulfonamides is 1. The fraction of sp³-hybridized carbons (Fsp3) is 0.286. The zero-order chi connectivity index (χ0) is 27.9. The number of carbonyl (C=O) groups is 2. The van der Waals surface area contributed by atoms with Gasteiger partial charge in [-0.05, 0) is 56.2 Å². The Morgan fingerprint density at radius 2 is 1.68 bits per heavy atom. The standard InChI is InChI=1S/C28H31ClFN3O4S/c1-4-16-31-28(35)21(3)32(18-22-10-8-9-13-26(22)30)27(34)19-33(23-15-14-20(2)25(29)17-23)38(36,37)24-11-6-5-7-12-24/h5-15,17,21H,4,16,18-19H2,1-3H3,(H,31,35)/t21-/m1/s1. The summed E-state index contributed by atoms with van der Waals surface area (Å²) in [7, 11) is -4.20. The van der Waals surface area contributed by atoms with Gasteiger partial charge in [-0.2, -0.15) is 0 Å². The minimum absolute atomic E-state index is 0.0149. The van der Waals surface area contributed by atoms with Crippen LogP contribution in [0.3, 0.4) is 0 Å². The first kappa shape index (κ1) is 29.1. The number of nitrogens with zero attached hydrogens (tertiary/aromatic N) is 2. The van der Waals surface area contributed by atoms with Crippen LogP contribution in [-0.2, 0) is 26.2 Å². The number of aryl methyl sites for hydroxylation is 1. The van der Waals surface area contributed by atoms with Gasteiger partial charge < -0.3 is 10.2 Å². The molecule has 0 unspecified atom stereocenters. The lowest BCUT2D eigenvalue weighted by atomic mass is 10.1. The van der Waals surface area contributed by atoms with Crippen LogP contribution in [0.2, 0.25) is 5.02 Å². The van der Waals surface area contributed by atoms with E-state index in [0.717, 1.165) is 9.87 Å². The summed E-state index contributed by atoms with van der Waals surface area (Å²) in [5.74, 6) is -1.64. The minimum Gasteiger partial charge on any atom is -0.354 e. The molecule has 7 nitrogen and oxygen atoms in total. The molecule has 3 aromatic carbocycles. The average molecular weight is 560 g/mol. The second kappa shape index (κ2) is 12.9. The third-order valence-corrected chi connectivity index (χ3v) is 8.26. The van der Waals surface area contributed by atoms with Crippen LogP contribution < -0.4 is 9.62 Å². The summed E-state index contributed by atoms with van der Waals surface area (Å²) in [5, 5.41) is 3.08. The van der Waals surface area contributed by atoms with Crippen molar-refractivity contribution in [3.8, 4) is 0 Å². The Hall–Kier alpha value is -3.43. The number of anilines is 1. The molecule has 0 spiro atoms. The molecule has 2 amide bonds. The summed E-state index contributed by atoms with van der Waals surface area (Å²) < 4.78 is 42.9. The first-order valence-electron chi connectivity index (χ1n) is 12.2. The second-order valence-electron chi connectivity index (χ2n) is 8.84. The maximum atomic E-state index is 14.5. The lowest BCUT2D eigenvalue weighted by Gasteiger charge is -2.32. The lowest BCUT2D eigenvalue weighted by molar-refractivity contribution is -0.139. The van der Waals surface area contributed by atoms with E-state index in [-0.39, 0.29) is 22.7 Å². The second-order valence-corrected chi connectivity index (χ2v) is 11.1. The molecule has 0 radical (unpaired) electrons. The highest BCUT2D eigenvalue weighted by Crippen LogP contribution is 2.28. The Labute approximate surface area is 228 Å². The molecule has 0 heterocycles. The number of carbonyl (C=O) groups excluding carboxylic acids is 2. The third-order valence-electron chi connectivity index (χ3n) is 6.07. The number of hydrogen-bond donors (Lipinski definition) is 1. The van der Waals surface area contributed by atoms with E-state index in [1.807, 2.05) is 6.92 Å². The molecule has 0 aliphatic carbocycles. The molecule has 0 fully saturated rings. The predicted octanol–water partition coefficient (Wildman–Crippen LogP) is 4.93. The van der Waals surface area contributed by atoms with Gasteiger partial charge in [-0.15, -0.1) is 0 Å². The maximum absolute atomic E-state index is 14.5. The van der Waals surface area contributed by atoms with Gasteiger partial charge in [0, 0.05) is 23.7 Å². The molecular formula is C28H31ClFN3O4S. The lowest BCUT2D eigenvalue weighted by Crippen LogP contribution is -2.51. The monoisotopic (exact) mass is 559 g/mol. The van der Waals surface area contributed by atoms with Crippen LogP contribution in [0.4, 0.5) is 10.1 Å². The zero-order valence-corrected chi connectivity index (χ0v) is 23.1. The highest BCUT2D eigenvalue weighted by atomic mass is 35.5. The Morgan fingerprint density at radius 1 is 1.03 bits per heavy atom. The Balaban J connectivity index is 2.04. The molecule has 202 valence electrons. The highest BCUT2D eigenvalue weighted by molar-refractivity contribution is 7.92. The van der Waals surface area contributed by atoms with Gasteiger partial charge in [-0.25, -0.2) is 12.8 Å². The quantitative estimate of drug-likeness (QED) is 0.361. The molecule has 1 N–H and O–H groups in total. The van der Waals surface area contributed by atoms with Crippen LogP contribution in [0, 0.1) is 12.7 Å². The summed E-state index contributed by atoms with van der Waals surface area (Å²) in [5.41, 5.74) is 1.12. The van der Waals surface area contributed by atoms with Crippen molar-refractivity contribution in [1.82, 2.24) is 10.2 Å². The molecule has 38 heavy (non-hydrogen) atoms. The van der Waals surface area contributed by atoms with E-state index in [1.165, 1.54) is 48.2 Å². The predicted molar refractivity (Wildman–Crippen MR) is 147 cm³/mol. The summed E-state index contributed by atoms with van der Waals surface area (Å²) in [6.07, 6.45) is 0.691. The number of rotatable bonds is 11. The zero-order valence-electron chi connectivity index (χ0n) is 21.5. The highest BCUT2D eigenvalue weighted by Gasteiger charge is 2.33. The Morgan fingerprint density at radius 3 is 2.32 bits per heavy atom. The summed E-state index contributed by atoms with van der Waals surface area (Å²) in [6.45, 7) is 4.76. The van der Waals surface area contributed by atoms with Crippen LogP contribution in [0.5, 0.6) is 0 Å². The van der Waals surface area contributed by atoms with E-state index < -0.39 is 40.2 Å². The minimum atomic E-state index is -4.20. The van der Waals surface area contributed by atoms with Crippen molar-refractivity contribution >= 4 is 39.1 Å². The van der Waals surface area contributed by atoms with E-state index in [4.69, 9.17) is 11.6 Å². The fourth-order valence-electron chi connectivity index (χ4n) is 3.77. The fourth-order valence-corrected chi connectivity index (χ4v) is 5.38. The van der Waals surface area contributed by atoms with Crippen molar-refractivity contribution in [2.45, 2.75) is 44.7 Å². The molecule has 10 heteroatoms. The van der Waals surface area contributed by atoms with Crippen LogP contribution in [-0.4, -0.2) is 44.3 Å².